The summed E-state index contributed by atoms with van der Waals surface area (Å²) in [4.78, 5) is 19.9. The Morgan fingerprint density at radius 3 is 2.95 bits per heavy atom. The topological polar surface area (TPSA) is 64.1 Å². The number of hydrogen-bond acceptors (Lipinski definition) is 5. The van der Waals surface area contributed by atoms with Crippen LogP contribution in [0.4, 0.5) is 0 Å². The van der Waals surface area contributed by atoms with E-state index in [9.17, 15) is 4.79 Å². The van der Waals surface area contributed by atoms with E-state index in [0.717, 1.165) is 12.2 Å². The lowest BCUT2D eigenvalue weighted by atomic mass is 10.3. The minimum atomic E-state index is -0.166. The van der Waals surface area contributed by atoms with Crippen LogP contribution in [0.15, 0.2) is 29.2 Å². The number of nitrogens with zero attached hydrogens (tertiary/aromatic N) is 2. The normalized spacial score (nSPS) is 14.0. The van der Waals surface area contributed by atoms with Crippen LogP contribution in [-0.2, 0) is 6.54 Å². The van der Waals surface area contributed by atoms with Crippen LogP contribution in [0.25, 0.3) is 0 Å². The third-order valence-electron chi connectivity index (χ3n) is 3.08. The van der Waals surface area contributed by atoms with Gasteiger partial charge in [-0.15, -0.1) is 11.3 Å². The van der Waals surface area contributed by atoms with Crippen molar-refractivity contribution < 1.29 is 9.53 Å². The van der Waals surface area contributed by atoms with Crippen LogP contribution in [0.3, 0.4) is 0 Å². The molecule has 104 valence electrons. The number of carbonyl (C=O) groups excluding carboxylic acids is 1. The number of aromatic nitrogens is 2. The van der Waals surface area contributed by atoms with Crippen molar-refractivity contribution in [2.24, 2.45) is 5.92 Å². The van der Waals surface area contributed by atoms with Gasteiger partial charge in [-0.2, -0.15) is 0 Å². The molecule has 0 aliphatic heterocycles. The number of nitrogens with one attached hydrogen (secondary N) is 1. The van der Waals surface area contributed by atoms with E-state index >= 15 is 0 Å². The van der Waals surface area contributed by atoms with Crippen molar-refractivity contribution in [2.45, 2.75) is 19.4 Å². The van der Waals surface area contributed by atoms with Gasteiger partial charge in [0.15, 0.2) is 0 Å². The van der Waals surface area contributed by atoms with E-state index in [1.807, 2.05) is 12.1 Å². The van der Waals surface area contributed by atoms with Gasteiger partial charge in [-0.1, -0.05) is 6.07 Å². The molecule has 0 unspecified atom stereocenters. The molecule has 2 aromatic rings. The fourth-order valence-electron chi connectivity index (χ4n) is 1.69. The van der Waals surface area contributed by atoms with Crippen molar-refractivity contribution in [1.29, 1.82) is 0 Å². The van der Waals surface area contributed by atoms with Crippen LogP contribution in [0.5, 0.6) is 5.88 Å². The van der Waals surface area contributed by atoms with Crippen LogP contribution < -0.4 is 10.1 Å². The highest BCUT2D eigenvalue weighted by atomic mass is 32.1. The summed E-state index contributed by atoms with van der Waals surface area (Å²) >= 11 is 1.40. The van der Waals surface area contributed by atoms with Crippen molar-refractivity contribution >= 4 is 17.2 Å². The lowest BCUT2D eigenvalue weighted by Gasteiger charge is -2.06. The minimum Gasteiger partial charge on any atom is -0.477 e. The van der Waals surface area contributed by atoms with Gasteiger partial charge in [-0.25, -0.2) is 9.97 Å². The van der Waals surface area contributed by atoms with Crippen LogP contribution in [-0.4, -0.2) is 22.5 Å². The molecule has 1 saturated carbocycles. The van der Waals surface area contributed by atoms with Gasteiger partial charge < -0.3 is 10.1 Å². The average Bonchev–Trinajstić information content (AvgIpc) is 3.15. The first-order valence-electron chi connectivity index (χ1n) is 6.55. The first-order chi connectivity index (χ1) is 9.81. The first kappa shape index (κ1) is 13.1. The molecule has 0 saturated heterocycles. The molecule has 0 atom stereocenters. The van der Waals surface area contributed by atoms with Gasteiger partial charge in [0.1, 0.15) is 5.69 Å². The minimum absolute atomic E-state index is 0.166. The smallest absolute Gasteiger partial charge is 0.271 e. The summed E-state index contributed by atoms with van der Waals surface area (Å²) in [7, 11) is 0. The zero-order valence-electron chi connectivity index (χ0n) is 10.9. The Bertz CT molecular complexity index is 565. The fourth-order valence-corrected chi connectivity index (χ4v) is 2.22. The summed E-state index contributed by atoms with van der Waals surface area (Å²) < 4.78 is 5.56. The van der Waals surface area contributed by atoms with E-state index in [-0.39, 0.29) is 5.91 Å². The molecule has 6 heteroatoms. The Balaban J connectivity index is 1.48. The second-order valence-corrected chi connectivity index (χ2v) is 5.53. The summed E-state index contributed by atoms with van der Waals surface area (Å²) in [5, 5.41) is 4.53. The van der Waals surface area contributed by atoms with E-state index in [4.69, 9.17) is 4.74 Å². The number of carbonyl (C=O) groups is 1. The van der Waals surface area contributed by atoms with Gasteiger partial charge in [-0.3, -0.25) is 4.79 Å². The molecular formula is C14H15N3O2S. The van der Waals surface area contributed by atoms with E-state index in [1.54, 1.807) is 17.1 Å². The van der Waals surface area contributed by atoms with E-state index < -0.39 is 0 Å². The zero-order valence-corrected chi connectivity index (χ0v) is 11.7. The third-order valence-corrected chi connectivity index (χ3v) is 3.67. The van der Waals surface area contributed by atoms with Gasteiger partial charge in [0, 0.05) is 24.2 Å². The predicted octanol–water partition coefficient (Wildman–Crippen LogP) is 2.26. The lowest BCUT2D eigenvalue weighted by Crippen LogP contribution is -2.23. The van der Waals surface area contributed by atoms with Crippen LogP contribution in [0.2, 0.25) is 0 Å². The SMILES string of the molecule is O=C(NCc1ccc(OCC2CC2)nc1)c1cscn1. The number of rotatable bonds is 6. The highest BCUT2D eigenvalue weighted by molar-refractivity contribution is 7.07. The number of hydrogen-bond donors (Lipinski definition) is 1. The molecule has 2 heterocycles. The summed E-state index contributed by atoms with van der Waals surface area (Å²) in [6.07, 6.45) is 4.25. The average molecular weight is 289 g/mol. The molecule has 1 fully saturated rings. The first-order valence-corrected chi connectivity index (χ1v) is 7.49. The zero-order chi connectivity index (χ0) is 13.8. The Hall–Kier alpha value is -1.95. The molecule has 1 N–H and O–H groups in total. The molecule has 0 radical (unpaired) electrons. The van der Waals surface area contributed by atoms with Gasteiger partial charge in [0.05, 0.1) is 12.1 Å². The highest BCUT2D eigenvalue weighted by Gasteiger charge is 2.22. The Morgan fingerprint density at radius 1 is 1.40 bits per heavy atom. The third kappa shape index (κ3) is 3.54. The summed E-state index contributed by atoms with van der Waals surface area (Å²) in [6.45, 7) is 1.19. The Kier molecular flexibility index (Phi) is 3.92. The quantitative estimate of drug-likeness (QED) is 0.886. The van der Waals surface area contributed by atoms with Crippen molar-refractivity contribution in [2.75, 3.05) is 6.61 Å². The van der Waals surface area contributed by atoms with Crippen molar-refractivity contribution in [3.05, 3.63) is 40.5 Å². The number of ether oxygens (including phenoxy) is 1. The highest BCUT2D eigenvalue weighted by Crippen LogP contribution is 2.29. The standard InChI is InChI=1S/C14H15N3O2S/c18-14(12-8-20-9-17-12)16-6-11-3-4-13(15-5-11)19-7-10-1-2-10/h3-5,8-10H,1-2,6-7H2,(H,16,18). The van der Waals surface area contributed by atoms with Crippen molar-refractivity contribution in [3.63, 3.8) is 0 Å². The Morgan fingerprint density at radius 2 is 2.30 bits per heavy atom. The monoisotopic (exact) mass is 289 g/mol. The molecular weight excluding hydrogens is 274 g/mol. The Labute approximate surface area is 121 Å². The van der Waals surface area contributed by atoms with Gasteiger partial charge in [0.25, 0.3) is 5.91 Å². The van der Waals surface area contributed by atoms with Crippen molar-refractivity contribution in [3.8, 4) is 5.88 Å². The summed E-state index contributed by atoms with van der Waals surface area (Å²) in [6, 6.07) is 3.75. The second-order valence-electron chi connectivity index (χ2n) is 4.82. The largest absolute Gasteiger partial charge is 0.477 e. The maximum atomic E-state index is 11.7. The molecule has 5 nitrogen and oxygen atoms in total. The van der Waals surface area contributed by atoms with E-state index in [1.165, 1.54) is 24.2 Å². The van der Waals surface area contributed by atoms with Gasteiger partial charge in [-0.05, 0) is 24.3 Å². The molecule has 0 bridgehead atoms. The fraction of sp³-hybridized carbons (Fsp3) is 0.357. The van der Waals surface area contributed by atoms with E-state index in [0.29, 0.717) is 24.0 Å². The van der Waals surface area contributed by atoms with Crippen LogP contribution in [0.1, 0.15) is 28.9 Å². The number of thiazole rings is 1. The molecule has 0 aromatic carbocycles. The molecule has 1 aliphatic rings. The molecule has 0 spiro atoms. The molecule has 3 rings (SSSR count). The maximum Gasteiger partial charge on any atom is 0.271 e. The second kappa shape index (κ2) is 6.00. The molecule has 1 aliphatic carbocycles. The summed E-state index contributed by atoms with van der Waals surface area (Å²) in [5.41, 5.74) is 3.03. The van der Waals surface area contributed by atoms with Crippen molar-refractivity contribution in [1.82, 2.24) is 15.3 Å². The number of pyridine rings is 1. The molecule has 20 heavy (non-hydrogen) atoms. The van der Waals surface area contributed by atoms with Gasteiger partial charge in [0.2, 0.25) is 5.88 Å². The van der Waals surface area contributed by atoms with E-state index in [2.05, 4.69) is 15.3 Å². The number of amides is 1. The summed E-state index contributed by atoms with van der Waals surface area (Å²) in [5.74, 6) is 1.20. The molecule has 1 amide bonds. The van der Waals surface area contributed by atoms with Gasteiger partial charge >= 0.3 is 0 Å². The van der Waals surface area contributed by atoms with Crippen LogP contribution in [0, 0.1) is 5.92 Å². The maximum absolute atomic E-state index is 11.7. The predicted molar refractivity (Wildman–Crippen MR) is 75.7 cm³/mol. The molecule has 2 aromatic heterocycles. The van der Waals surface area contributed by atoms with Crippen LogP contribution >= 0.6 is 11.3 Å². The lowest BCUT2D eigenvalue weighted by molar-refractivity contribution is 0.0946.